The molecule has 4 aromatic rings. The molecule has 0 saturated carbocycles. The number of rotatable bonds is 5. The second kappa shape index (κ2) is 8.67. The Balaban J connectivity index is 2.01. The van der Waals surface area contributed by atoms with Gasteiger partial charge in [-0.05, 0) is 36.2 Å². The molecule has 0 radical (unpaired) electrons. The highest BCUT2D eigenvalue weighted by atomic mass is 32.1. The Kier molecular flexibility index (Phi) is 5.91. The van der Waals surface area contributed by atoms with Crippen molar-refractivity contribution in [2.75, 3.05) is 5.73 Å². The Hall–Kier alpha value is -3.71. The van der Waals surface area contributed by atoms with E-state index < -0.39 is 11.7 Å². The molecule has 0 spiro atoms. The second-order valence-electron chi connectivity index (χ2n) is 7.46. The van der Waals surface area contributed by atoms with Gasteiger partial charge in [-0.1, -0.05) is 60.7 Å². The summed E-state index contributed by atoms with van der Waals surface area (Å²) in [5.74, 6) is -0.534. The van der Waals surface area contributed by atoms with Gasteiger partial charge in [0.1, 0.15) is 0 Å². The Labute approximate surface area is 192 Å². The van der Waals surface area contributed by atoms with Gasteiger partial charge in [0.05, 0.1) is 16.1 Å². The minimum atomic E-state index is -4.55. The van der Waals surface area contributed by atoms with E-state index in [1.54, 1.807) is 54.6 Å². The van der Waals surface area contributed by atoms with Crippen LogP contribution in [0.1, 0.15) is 38.8 Å². The second-order valence-corrected chi connectivity index (χ2v) is 8.51. The Bertz CT molecular complexity index is 1360. The number of nitrogens with two attached hydrogens (primary N) is 1. The number of hydrogen-bond donors (Lipinski definition) is 1. The van der Waals surface area contributed by atoms with E-state index in [2.05, 4.69) is 0 Å². The van der Waals surface area contributed by atoms with Crippen LogP contribution >= 0.6 is 11.3 Å². The van der Waals surface area contributed by atoms with Gasteiger partial charge < -0.3 is 5.73 Å². The predicted octanol–water partition coefficient (Wildman–Crippen LogP) is 7.12. The molecule has 1 aromatic heterocycles. The maximum atomic E-state index is 13.5. The molecule has 4 rings (SSSR count). The lowest BCUT2D eigenvalue weighted by molar-refractivity contribution is -0.137. The summed E-state index contributed by atoms with van der Waals surface area (Å²) >= 11 is 1.11. The lowest BCUT2D eigenvalue weighted by atomic mass is 9.92. The molecule has 0 aliphatic heterocycles. The van der Waals surface area contributed by atoms with Crippen LogP contribution in [0.3, 0.4) is 0 Å². The van der Waals surface area contributed by atoms with Crippen LogP contribution in [0.15, 0.2) is 78.9 Å². The zero-order valence-electron chi connectivity index (χ0n) is 17.4. The highest BCUT2D eigenvalue weighted by Gasteiger charge is 2.32. The molecule has 3 nitrogen and oxygen atoms in total. The SMILES string of the molecule is CC(=O)c1cccc(-c2sc(N)c(C(=O)c3ccccc3)c2-c2cccc(C(F)(F)F)c2)c1. The van der Waals surface area contributed by atoms with E-state index in [4.69, 9.17) is 5.73 Å². The van der Waals surface area contributed by atoms with Crippen molar-refractivity contribution in [3.8, 4) is 21.6 Å². The number of alkyl halides is 3. The molecular weight excluding hydrogens is 447 g/mol. The third-order valence-electron chi connectivity index (χ3n) is 5.21. The van der Waals surface area contributed by atoms with Crippen molar-refractivity contribution < 1.29 is 22.8 Å². The van der Waals surface area contributed by atoms with Gasteiger partial charge in [0, 0.05) is 21.6 Å². The monoisotopic (exact) mass is 465 g/mol. The third kappa shape index (κ3) is 4.45. The maximum absolute atomic E-state index is 13.5. The van der Waals surface area contributed by atoms with Crippen molar-refractivity contribution in [2.24, 2.45) is 0 Å². The number of nitrogen functional groups attached to an aromatic ring is 1. The van der Waals surface area contributed by atoms with Crippen LogP contribution in [0.25, 0.3) is 21.6 Å². The summed E-state index contributed by atoms with van der Waals surface area (Å²) < 4.78 is 40.4. The topological polar surface area (TPSA) is 60.2 Å². The minimum Gasteiger partial charge on any atom is -0.390 e. The smallest absolute Gasteiger partial charge is 0.390 e. The van der Waals surface area contributed by atoms with E-state index in [1.807, 2.05) is 0 Å². The molecule has 0 bridgehead atoms. The quantitative estimate of drug-likeness (QED) is 0.319. The van der Waals surface area contributed by atoms with Gasteiger partial charge in [-0.15, -0.1) is 11.3 Å². The summed E-state index contributed by atoms with van der Waals surface area (Å²) in [5.41, 5.74) is 7.57. The molecule has 3 aromatic carbocycles. The van der Waals surface area contributed by atoms with Crippen LogP contribution in [-0.4, -0.2) is 11.6 Å². The van der Waals surface area contributed by atoms with Gasteiger partial charge >= 0.3 is 6.18 Å². The van der Waals surface area contributed by atoms with Crippen molar-refractivity contribution in [1.82, 2.24) is 0 Å². The zero-order valence-corrected chi connectivity index (χ0v) is 18.3. The average Bonchev–Trinajstić information content (AvgIpc) is 3.16. The Morgan fingerprint density at radius 1 is 0.818 bits per heavy atom. The fourth-order valence-electron chi connectivity index (χ4n) is 3.62. The molecule has 0 atom stereocenters. The van der Waals surface area contributed by atoms with E-state index in [9.17, 15) is 22.8 Å². The molecule has 0 aliphatic carbocycles. The van der Waals surface area contributed by atoms with Gasteiger partial charge in [0.25, 0.3) is 0 Å². The van der Waals surface area contributed by atoms with Crippen LogP contribution in [0.2, 0.25) is 0 Å². The third-order valence-corrected chi connectivity index (χ3v) is 6.28. The summed E-state index contributed by atoms with van der Waals surface area (Å²) in [6.45, 7) is 1.43. The number of benzene rings is 3. The molecule has 166 valence electrons. The first-order chi connectivity index (χ1) is 15.7. The molecule has 0 fully saturated rings. The van der Waals surface area contributed by atoms with Gasteiger partial charge in [-0.25, -0.2) is 0 Å². The van der Waals surface area contributed by atoms with Gasteiger partial charge in [0.15, 0.2) is 11.6 Å². The normalized spacial score (nSPS) is 11.4. The van der Waals surface area contributed by atoms with Crippen molar-refractivity contribution in [1.29, 1.82) is 0 Å². The first-order valence-corrected chi connectivity index (χ1v) is 10.8. The van der Waals surface area contributed by atoms with Crippen molar-refractivity contribution in [2.45, 2.75) is 13.1 Å². The number of carbonyl (C=O) groups excluding carboxylic acids is 2. The van der Waals surface area contributed by atoms with Crippen molar-refractivity contribution >= 4 is 27.9 Å². The fraction of sp³-hybridized carbons (Fsp3) is 0.0769. The standard InChI is InChI=1S/C26H18F3NO2S/c1-15(31)17-9-5-11-19(13-17)24-21(18-10-6-12-20(14-18)26(27,28)29)22(25(30)33-24)23(32)16-7-3-2-4-8-16/h2-14H,30H2,1H3. The van der Waals surface area contributed by atoms with E-state index >= 15 is 0 Å². The molecule has 2 N–H and O–H groups in total. The first kappa shape index (κ1) is 22.5. The molecule has 0 aliphatic rings. The van der Waals surface area contributed by atoms with Crippen LogP contribution < -0.4 is 5.73 Å². The number of halogens is 3. The average molecular weight is 465 g/mol. The van der Waals surface area contributed by atoms with E-state index in [0.717, 1.165) is 23.5 Å². The largest absolute Gasteiger partial charge is 0.416 e. The number of ketones is 2. The van der Waals surface area contributed by atoms with Crippen molar-refractivity contribution in [3.05, 3.63) is 101 Å². The first-order valence-electron chi connectivity index (χ1n) is 9.98. The lowest BCUT2D eigenvalue weighted by Gasteiger charge is -2.12. The van der Waals surface area contributed by atoms with Crippen LogP contribution in [0.5, 0.6) is 0 Å². The van der Waals surface area contributed by atoms with E-state index in [1.165, 1.54) is 19.1 Å². The number of hydrogen-bond acceptors (Lipinski definition) is 4. The van der Waals surface area contributed by atoms with Crippen LogP contribution in [-0.2, 0) is 6.18 Å². The molecule has 1 heterocycles. The highest BCUT2D eigenvalue weighted by molar-refractivity contribution is 7.20. The molecule has 0 saturated heterocycles. The number of Topliss-reactive ketones (excluding diaryl/α,β-unsaturated/α-hetero) is 1. The minimum absolute atomic E-state index is 0.147. The number of anilines is 1. The van der Waals surface area contributed by atoms with Gasteiger partial charge in [-0.2, -0.15) is 13.2 Å². The van der Waals surface area contributed by atoms with Crippen LogP contribution in [0, 0.1) is 0 Å². The summed E-state index contributed by atoms with van der Waals surface area (Å²) in [5, 5.41) is 0.194. The van der Waals surface area contributed by atoms with Crippen molar-refractivity contribution in [3.63, 3.8) is 0 Å². The lowest BCUT2D eigenvalue weighted by Crippen LogP contribution is -2.06. The van der Waals surface area contributed by atoms with Crippen LogP contribution in [0.4, 0.5) is 18.2 Å². The van der Waals surface area contributed by atoms with E-state index in [0.29, 0.717) is 27.1 Å². The summed E-state index contributed by atoms with van der Waals surface area (Å²) in [6.07, 6.45) is -4.55. The maximum Gasteiger partial charge on any atom is 0.416 e. The zero-order chi connectivity index (χ0) is 23.8. The predicted molar refractivity (Wildman–Crippen MR) is 124 cm³/mol. The molecular formula is C26H18F3NO2S. The Morgan fingerprint density at radius 3 is 2.12 bits per heavy atom. The van der Waals surface area contributed by atoms with Gasteiger partial charge in [-0.3, -0.25) is 9.59 Å². The molecule has 7 heteroatoms. The van der Waals surface area contributed by atoms with E-state index in [-0.39, 0.29) is 27.7 Å². The summed E-state index contributed by atoms with van der Waals surface area (Å²) in [7, 11) is 0. The molecule has 33 heavy (non-hydrogen) atoms. The highest BCUT2D eigenvalue weighted by Crippen LogP contribution is 2.46. The molecule has 0 amide bonds. The number of thiophene rings is 1. The van der Waals surface area contributed by atoms with Gasteiger partial charge in [0.2, 0.25) is 0 Å². The fourth-order valence-corrected chi connectivity index (χ4v) is 4.70. The molecule has 0 unspecified atom stereocenters. The Morgan fingerprint density at radius 2 is 1.45 bits per heavy atom. The summed E-state index contributed by atoms with van der Waals surface area (Å²) in [6, 6.07) is 20.0. The summed E-state index contributed by atoms with van der Waals surface area (Å²) in [4.78, 5) is 25.8. The number of carbonyl (C=O) groups is 2.